The van der Waals surface area contributed by atoms with Crippen molar-refractivity contribution < 1.29 is 4.42 Å². The van der Waals surface area contributed by atoms with Crippen molar-refractivity contribution >= 4 is 6.01 Å². The molecule has 2 aromatic heterocycles. The highest BCUT2D eigenvalue weighted by Gasteiger charge is 2.22. The maximum Gasteiger partial charge on any atom is 0.318 e. The Morgan fingerprint density at radius 1 is 1.26 bits per heavy atom. The monoisotopic (exact) mass is 261 g/mol. The third kappa shape index (κ3) is 2.77. The van der Waals surface area contributed by atoms with E-state index in [-0.39, 0.29) is 0 Å². The van der Waals surface area contributed by atoms with E-state index in [1.54, 1.807) is 0 Å². The van der Waals surface area contributed by atoms with Crippen LogP contribution in [-0.2, 0) is 6.54 Å². The van der Waals surface area contributed by atoms with Crippen molar-refractivity contribution in [2.24, 2.45) is 5.92 Å². The topological polar surface area (TPSA) is 60.0 Å². The summed E-state index contributed by atoms with van der Waals surface area (Å²) < 4.78 is 7.51. The largest absolute Gasteiger partial charge is 0.408 e. The van der Waals surface area contributed by atoms with Gasteiger partial charge in [0.1, 0.15) is 0 Å². The van der Waals surface area contributed by atoms with Crippen LogP contribution in [0.15, 0.2) is 16.8 Å². The van der Waals surface area contributed by atoms with Crippen LogP contribution in [0.25, 0.3) is 0 Å². The maximum absolute atomic E-state index is 5.47. The summed E-state index contributed by atoms with van der Waals surface area (Å²) >= 11 is 0. The lowest BCUT2D eigenvalue weighted by molar-refractivity contribution is 0.332. The Bertz CT molecular complexity index is 539. The van der Waals surface area contributed by atoms with Gasteiger partial charge in [-0.05, 0) is 31.2 Å². The first kappa shape index (κ1) is 12.2. The highest BCUT2D eigenvalue weighted by molar-refractivity contribution is 5.24. The predicted molar refractivity (Wildman–Crippen MR) is 70.9 cm³/mol. The van der Waals surface area contributed by atoms with Crippen LogP contribution in [0.1, 0.15) is 24.3 Å². The average molecular weight is 261 g/mol. The molecule has 0 saturated carbocycles. The number of hydrogen-bond donors (Lipinski definition) is 0. The summed E-state index contributed by atoms with van der Waals surface area (Å²) in [6.07, 6.45) is 6.30. The van der Waals surface area contributed by atoms with Gasteiger partial charge in [0.25, 0.3) is 0 Å². The fourth-order valence-electron chi connectivity index (χ4n) is 2.55. The van der Waals surface area contributed by atoms with Gasteiger partial charge in [-0.3, -0.25) is 4.68 Å². The van der Waals surface area contributed by atoms with Crippen LogP contribution in [0.2, 0.25) is 0 Å². The van der Waals surface area contributed by atoms with Crippen LogP contribution in [-0.4, -0.2) is 33.1 Å². The van der Waals surface area contributed by atoms with Gasteiger partial charge >= 0.3 is 6.01 Å². The van der Waals surface area contributed by atoms with Crippen LogP contribution >= 0.6 is 0 Å². The van der Waals surface area contributed by atoms with E-state index in [0.29, 0.717) is 17.8 Å². The van der Waals surface area contributed by atoms with Gasteiger partial charge in [0.15, 0.2) is 0 Å². The van der Waals surface area contributed by atoms with Crippen molar-refractivity contribution in [2.45, 2.75) is 33.2 Å². The summed E-state index contributed by atoms with van der Waals surface area (Å²) in [6.45, 7) is 6.86. The molecule has 1 saturated heterocycles. The van der Waals surface area contributed by atoms with Crippen molar-refractivity contribution in [3.63, 3.8) is 0 Å². The van der Waals surface area contributed by atoms with Crippen molar-refractivity contribution in [1.82, 2.24) is 20.0 Å². The first-order valence-electron chi connectivity index (χ1n) is 6.75. The summed E-state index contributed by atoms with van der Waals surface area (Å²) in [5.74, 6) is 1.31. The Hall–Kier alpha value is -1.85. The molecule has 0 N–H and O–H groups in total. The fourth-order valence-corrected chi connectivity index (χ4v) is 2.55. The van der Waals surface area contributed by atoms with Gasteiger partial charge in [0, 0.05) is 32.8 Å². The molecule has 0 unspecified atom stereocenters. The zero-order valence-corrected chi connectivity index (χ0v) is 11.4. The van der Waals surface area contributed by atoms with Crippen molar-refractivity contribution in [2.75, 3.05) is 18.0 Å². The first-order valence-corrected chi connectivity index (χ1v) is 6.75. The molecule has 19 heavy (non-hydrogen) atoms. The lowest BCUT2D eigenvalue weighted by Crippen LogP contribution is -2.35. The van der Waals surface area contributed by atoms with Crippen molar-refractivity contribution in [3.05, 3.63) is 23.8 Å². The smallest absolute Gasteiger partial charge is 0.318 e. The minimum absolute atomic E-state index is 0.629. The van der Waals surface area contributed by atoms with E-state index in [1.165, 1.54) is 5.56 Å². The van der Waals surface area contributed by atoms with Gasteiger partial charge in [-0.25, -0.2) is 0 Å². The Morgan fingerprint density at radius 3 is 2.63 bits per heavy atom. The summed E-state index contributed by atoms with van der Waals surface area (Å²) in [6, 6.07) is 0.658. The Labute approximate surface area is 112 Å². The number of anilines is 1. The zero-order valence-electron chi connectivity index (χ0n) is 11.4. The summed E-state index contributed by atoms with van der Waals surface area (Å²) in [5, 5.41) is 12.3. The number of aromatic nitrogens is 4. The molecule has 0 aromatic carbocycles. The Morgan fingerprint density at radius 2 is 2.05 bits per heavy atom. The van der Waals surface area contributed by atoms with Gasteiger partial charge in [0.05, 0.1) is 6.20 Å². The third-order valence-corrected chi connectivity index (χ3v) is 3.61. The standard InChI is InChI=1S/C13H19N5O/c1-10-7-14-18(8-10)9-12-3-5-17(6-4-12)13-16-15-11(2)19-13/h7-8,12H,3-6,9H2,1-2H3. The zero-order chi connectivity index (χ0) is 13.2. The average Bonchev–Trinajstić information content (AvgIpc) is 3.00. The molecule has 0 spiro atoms. The van der Waals surface area contributed by atoms with Crippen molar-refractivity contribution in [3.8, 4) is 0 Å². The second kappa shape index (κ2) is 5.03. The van der Waals surface area contributed by atoms with Crippen molar-refractivity contribution in [1.29, 1.82) is 0 Å². The molecule has 0 radical (unpaired) electrons. The van der Waals surface area contributed by atoms with E-state index in [4.69, 9.17) is 4.42 Å². The number of aryl methyl sites for hydroxylation is 2. The molecule has 0 aliphatic carbocycles. The van der Waals surface area contributed by atoms with Gasteiger partial charge in [-0.2, -0.15) is 5.10 Å². The fraction of sp³-hybridized carbons (Fsp3) is 0.615. The number of hydrogen-bond acceptors (Lipinski definition) is 5. The van der Waals surface area contributed by atoms with Crippen LogP contribution in [0.3, 0.4) is 0 Å². The number of piperidine rings is 1. The molecule has 1 aliphatic rings. The van der Waals surface area contributed by atoms with Crippen LogP contribution < -0.4 is 4.90 Å². The van der Waals surface area contributed by atoms with Gasteiger partial charge in [0.2, 0.25) is 5.89 Å². The minimum atomic E-state index is 0.629. The van der Waals surface area contributed by atoms with E-state index in [2.05, 4.69) is 33.3 Å². The second-order valence-electron chi connectivity index (χ2n) is 5.27. The molecule has 3 rings (SSSR count). The molecule has 3 heterocycles. The lowest BCUT2D eigenvalue weighted by atomic mass is 9.97. The van der Waals surface area contributed by atoms with Crippen LogP contribution in [0, 0.1) is 19.8 Å². The molecular formula is C13H19N5O. The SMILES string of the molecule is Cc1cnn(CC2CCN(c3nnc(C)o3)CC2)c1. The summed E-state index contributed by atoms with van der Waals surface area (Å²) in [5.41, 5.74) is 1.22. The molecule has 1 aliphatic heterocycles. The molecule has 6 heteroatoms. The van der Waals surface area contributed by atoms with Gasteiger partial charge in [-0.15, -0.1) is 5.10 Å². The van der Waals surface area contributed by atoms with Gasteiger partial charge in [-0.1, -0.05) is 5.10 Å². The first-order chi connectivity index (χ1) is 9.20. The van der Waals surface area contributed by atoms with E-state index < -0.39 is 0 Å². The minimum Gasteiger partial charge on any atom is -0.408 e. The third-order valence-electron chi connectivity index (χ3n) is 3.61. The Kier molecular flexibility index (Phi) is 3.23. The normalized spacial score (nSPS) is 17.1. The highest BCUT2D eigenvalue weighted by atomic mass is 16.4. The van der Waals surface area contributed by atoms with E-state index in [1.807, 2.05) is 17.8 Å². The highest BCUT2D eigenvalue weighted by Crippen LogP contribution is 2.23. The summed E-state index contributed by atoms with van der Waals surface area (Å²) in [7, 11) is 0. The number of nitrogens with zero attached hydrogens (tertiary/aromatic N) is 5. The lowest BCUT2D eigenvalue weighted by Gasteiger charge is -2.30. The van der Waals surface area contributed by atoms with Crippen LogP contribution in [0.5, 0.6) is 0 Å². The predicted octanol–water partition coefficient (Wildman–Crippen LogP) is 1.80. The molecular weight excluding hydrogens is 242 g/mol. The van der Waals surface area contributed by atoms with Crippen LogP contribution in [0.4, 0.5) is 6.01 Å². The molecule has 6 nitrogen and oxygen atoms in total. The molecule has 2 aromatic rings. The quantitative estimate of drug-likeness (QED) is 0.843. The van der Waals surface area contributed by atoms with Gasteiger partial charge < -0.3 is 9.32 Å². The number of rotatable bonds is 3. The molecule has 102 valence electrons. The van der Waals surface area contributed by atoms with E-state index in [0.717, 1.165) is 32.5 Å². The molecule has 1 fully saturated rings. The molecule has 0 bridgehead atoms. The summed E-state index contributed by atoms with van der Waals surface area (Å²) in [4.78, 5) is 2.17. The van der Waals surface area contributed by atoms with E-state index >= 15 is 0 Å². The molecule has 0 amide bonds. The van der Waals surface area contributed by atoms with E-state index in [9.17, 15) is 0 Å². The maximum atomic E-state index is 5.47. The molecule has 0 atom stereocenters. The second-order valence-corrected chi connectivity index (χ2v) is 5.27. The Balaban J connectivity index is 1.54.